The number of morpholine rings is 1. The van der Waals surface area contributed by atoms with Gasteiger partial charge in [-0.25, -0.2) is 8.42 Å². The Morgan fingerprint density at radius 3 is 2.28 bits per heavy atom. The Kier molecular flexibility index (Phi) is 7.54. The molecule has 2 aliphatic heterocycles. The van der Waals surface area contributed by atoms with Crippen LogP contribution in [0.25, 0.3) is 0 Å². The molecule has 1 N–H and O–H groups in total. The lowest BCUT2D eigenvalue weighted by molar-refractivity contribution is -0.117. The van der Waals surface area contributed by atoms with Gasteiger partial charge < -0.3 is 10.1 Å². The Bertz CT molecular complexity index is 1000. The van der Waals surface area contributed by atoms with E-state index in [1.807, 2.05) is 6.07 Å². The van der Waals surface area contributed by atoms with Crippen molar-refractivity contribution in [1.82, 2.24) is 14.1 Å². The highest BCUT2D eigenvalue weighted by Crippen LogP contribution is 2.20. The van der Waals surface area contributed by atoms with Crippen LogP contribution in [0.5, 0.6) is 0 Å². The average Bonchev–Trinajstić information content (AvgIpc) is 2.82. The fourth-order valence-corrected chi connectivity index (χ4v) is 5.48. The molecule has 172 valence electrons. The minimum atomic E-state index is -3.59. The number of nitrogens with zero attached hydrogens (tertiary/aromatic N) is 3. The van der Waals surface area contributed by atoms with Crippen LogP contribution in [-0.2, 0) is 26.1 Å². The molecule has 0 aromatic heterocycles. The Balaban J connectivity index is 1.28. The number of rotatable bonds is 7. The molecule has 1 amide bonds. The van der Waals surface area contributed by atoms with Crippen molar-refractivity contribution in [2.75, 3.05) is 64.3 Å². The topological polar surface area (TPSA) is 82.2 Å². The number of hydrogen-bond donors (Lipinski definition) is 1. The standard InChI is InChI=1S/C23H30N4O4S/c28-23(19-26-11-9-25(10-12-26)18-20-5-2-1-3-6-20)24-21-7-4-8-22(17-21)32(29,30)27-13-15-31-16-14-27/h1-8,17H,9-16,18-19H2,(H,24,28). The summed E-state index contributed by atoms with van der Waals surface area (Å²) in [6.45, 7) is 6.17. The minimum Gasteiger partial charge on any atom is -0.379 e. The fraction of sp³-hybridized carbons (Fsp3) is 0.435. The summed E-state index contributed by atoms with van der Waals surface area (Å²) in [5.74, 6) is -0.137. The van der Waals surface area contributed by atoms with E-state index in [1.54, 1.807) is 18.2 Å². The summed E-state index contributed by atoms with van der Waals surface area (Å²) >= 11 is 0. The highest BCUT2D eigenvalue weighted by molar-refractivity contribution is 7.89. The first-order valence-corrected chi connectivity index (χ1v) is 12.4. The molecule has 2 heterocycles. The molecule has 0 unspecified atom stereocenters. The molecule has 0 radical (unpaired) electrons. The molecule has 2 saturated heterocycles. The molecular formula is C23H30N4O4S. The van der Waals surface area contributed by atoms with Crippen molar-refractivity contribution >= 4 is 21.6 Å². The fourth-order valence-electron chi connectivity index (χ4n) is 4.02. The van der Waals surface area contributed by atoms with Crippen molar-refractivity contribution in [2.24, 2.45) is 0 Å². The second-order valence-electron chi connectivity index (χ2n) is 8.13. The first kappa shape index (κ1) is 22.9. The maximum atomic E-state index is 12.8. The molecular weight excluding hydrogens is 428 g/mol. The van der Waals surface area contributed by atoms with E-state index in [4.69, 9.17) is 4.74 Å². The van der Waals surface area contributed by atoms with E-state index in [0.717, 1.165) is 32.7 Å². The van der Waals surface area contributed by atoms with Gasteiger partial charge in [0.2, 0.25) is 15.9 Å². The minimum absolute atomic E-state index is 0.137. The van der Waals surface area contributed by atoms with E-state index in [2.05, 4.69) is 39.4 Å². The molecule has 2 aromatic rings. The van der Waals surface area contributed by atoms with Gasteiger partial charge in [-0.2, -0.15) is 4.31 Å². The summed E-state index contributed by atoms with van der Waals surface area (Å²) in [6.07, 6.45) is 0. The third kappa shape index (κ3) is 5.93. The molecule has 0 aliphatic carbocycles. The van der Waals surface area contributed by atoms with E-state index >= 15 is 0 Å². The zero-order valence-electron chi connectivity index (χ0n) is 18.2. The van der Waals surface area contributed by atoms with Gasteiger partial charge >= 0.3 is 0 Å². The number of benzene rings is 2. The van der Waals surface area contributed by atoms with Crippen LogP contribution in [0.3, 0.4) is 0 Å². The van der Waals surface area contributed by atoms with Gasteiger partial charge in [-0.05, 0) is 23.8 Å². The van der Waals surface area contributed by atoms with Gasteiger partial charge in [0.15, 0.2) is 0 Å². The van der Waals surface area contributed by atoms with Gasteiger partial charge in [0.1, 0.15) is 0 Å². The highest BCUT2D eigenvalue weighted by Gasteiger charge is 2.26. The van der Waals surface area contributed by atoms with Gasteiger partial charge in [0.25, 0.3) is 0 Å². The maximum absolute atomic E-state index is 12.8. The monoisotopic (exact) mass is 458 g/mol. The van der Waals surface area contributed by atoms with Crippen LogP contribution in [-0.4, -0.2) is 87.5 Å². The molecule has 2 fully saturated rings. The van der Waals surface area contributed by atoms with Crippen LogP contribution < -0.4 is 5.32 Å². The second-order valence-corrected chi connectivity index (χ2v) is 10.1. The molecule has 2 aromatic carbocycles. The number of carbonyl (C=O) groups excluding carboxylic acids is 1. The van der Waals surface area contributed by atoms with Crippen molar-refractivity contribution in [2.45, 2.75) is 11.4 Å². The number of carbonyl (C=O) groups is 1. The average molecular weight is 459 g/mol. The zero-order valence-corrected chi connectivity index (χ0v) is 19.0. The van der Waals surface area contributed by atoms with Gasteiger partial charge in [0, 0.05) is 51.5 Å². The predicted molar refractivity (Wildman–Crippen MR) is 123 cm³/mol. The van der Waals surface area contributed by atoms with Gasteiger partial charge in [-0.3, -0.25) is 14.6 Å². The number of ether oxygens (including phenoxy) is 1. The Labute approximate surface area is 189 Å². The van der Waals surface area contributed by atoms with Crippen molar-refractivity contribution in [3.63, 3.8) is 0 Å². The predicted octanol–water partition coefficient (Wildman–Crippen LogP) is 1.46. The van der Waals surface area contributed by atoms with Crippen LogP contribution in [0.1, 0.15) is 5.56 Å². The summed E-state index contributed by atoms with van der Waals surface area (Å²) in [5, 5.41) is 2.85. The lowest BCUT2D eigenvalue weighted by atomic mass is 10.2. The van der Waals surface area contributed by atoms with Gasteiger partial charge in [0.05, 0.1) is 24.7 Å². The van der Waals surface area contributed by atoms with Crippen molar-refractivity contribution in [3.05, 3.63) is 60.2 Å². The number of anilines is 1. The maximum Gasteiger partial charge on any atom is 0.243 e. The van der Waals surface area contributed by atoms with Crippen molar-refractivity contribution in [1.29, 1.82) is 0 Å². The first-order valence-electron chi connectivity index (χ1n) is 11.0. The van der Waals surface area contributed by atoms with E-state index in [1.165, 1.54) is 15.9 Å². The van der Waals surface area contributed by atoms with Crippen LogP contribution in [0.15, 0.2) is 59.5 Å². The molecule has 2 aliphatic rings. The number of sulfonamides is 1. The zero-order chi connectivity index (χ0) is 22.4. The van der Waals surface area contributed by atoms with E-state index in [0.29, 0.717) is 38.5 Å². The summed E-state index contributed by atoms with van der Waals surface area (Å²) < 4.78 is 32.4. The lowest BCUT2D eigenvalue weighted by Gasteiger charge is -2.34. The third-order valence-electron chi connectivity index (χ3n) is 5.81. The van der Waals surface area contributed by atoms with Gasteiger partial charge in [-0.15, -0.1) is 0 Å². The highest BCUT2D eigenvalue weighted by atomic mass is 32.2. The first-order chi connectivity index (χ1) is 15.5. The van der Waals surface area contributed by atoms with Crippen molar-refractivity contribution in [3.8, 4) is 0 Å². The summed E-state index contributed by atoms with van der Waals surface area (Å²) in [7, 11) is -3.59. The molecule has 32 heavy (non-hydrogen) atoms. The molecule has 0 spiro atoms. The molecule has 4 rings (SSSR count). The number of nitrogens with one attached hydrogen (secondary N) is 1. The van der Waals surface area contributed by atoms with E-state index in [-0.39, 0.29) is 10.8 Å². The second kappa shape index (κ2) is 10.5. The summed E-state index contributed by atoms with van der Waals surface area (Å²) in [6, 6.07) is 16.9. The number of piperazine rings is 1. The summed E-state index contributed by atoms with van der Waals surface area (Å²) in [5.41, 5.74) is 1.79. The lowest BCUT2D eigenvalue weighted by Crippen LogP contribution is -2.48. The third-order valence-corrected chi connectivity index (χ3v) is 7.70. The number of amides is 1. The normalized spacial score (nSPS) is 19.0. The molecule has 0 saturated carbocycles. The van der Waals surface area contributed by atoms with Crippen LogP contribution in [0, 0.1) is 0 Å². The molecule has 8 nitrogen and oxygen atoms in total. The van der Waals surface area contributed by atoms with Crippen LogP contribution in [0.2, 0.25) is 0 Å². The Morgan fingerprint density at radius 1 is 0.875 bits per heavy atom. The van der Waals surface area contributed by atoms with E-state index in [9.17, 15) is 13.2 Å². The van der Waals surface area contributed by atoms with Gasteiger partial charge in [-0.1, -0.05) is 36.4 Å². The molecule has 0 bridgehead atoms. The molecule has 0 atom stereocenters. The van der Waals surface area contributed by atoms with Crippen LogP contribution in [0.4, 0.5) is 5.69 Å². The quantitative estimate of drug-likeness (QED) is 0.677. The Morgan fingerprint density at radius 2 is 1.56 bits per heavy atom. The largest absolute Gasteiger partial charge is 0.379 e. The molecule has 9 heteroatoms. The SMILES string of the molecule is O=C(CN1CCN(Cc2ccccc2)CC1)Nc1cccc(S(=O)(=O)N2CCOCC2)c1. The van der Waals surface area contributed by atoms with E-state index < -0.39 is 10.0 Å². The van der Waals surface area contributed by atoms with Crippen molar-refractivity contribution < 1.29 is 17.9 Å². The smallest absolute Gasteiger partial charge is 0.243 e. The number of hydrogen-bond acceptors (Lipinski definition) is 6. The summed E-state index contributed by atoms with van der Waals surface area (Å²) in [4.78, 5) is 17.3. The Hall–Kier alpha value is -2.30. The van der Waals surface area contributed by atoms with Crippen LogP contribution >= 0.6 is 0 Å².